The lowest BCUT2D eigenvalue weighted by Crippen LogP contribution is -2.48. The van der Waals surface area contributed by atoms with Crippen molar-refractivity contribution in [3.8, 4) is 5.75 Å². The van der Waals surface area contributed by atoms with Gasteiger partial charge in [0.05, 0.1) is 12.1 Å². The second-order valence-corrected chi connectivity index (χ2v) is 7.17. The highest BCUT2D eigenvalue weighted by atomic mass is 35.5. The first kappa shape index (κ1) is 19.1. The fraction of sp³-hybridized carbons (Fsp3) is 0.0556. The zero-order valence-electron chi connectivity index (χ0n) is 14.0. The third-order valence-corrected chi connectivity index (χ3v) is 5.49. The number of rotatable bonds is 3. The van der Waals surface area contributed by atoms with Gasteiger partial charge < -0.3 is 4.74 Å². The van der Waals surface area contributed by atoms with Gasteiger partial charge in [-0.2, -0.15) is 0 Å². The maximum absolute atomic E-state index is 12.3. The second kappa shape index (κ2) is 8.34. The van der Waals surface area contributed by atoms with Crippen molar-refractivity contribution in [2.45, 2.75) is 0 Å². The Morgan fingerprint density at radius 2 is 1.74 bits per heavy atom. The molecule has 0 spiro atoms. The molecule has 3 rings (SSSR count). The van der Waals surface area contributed by atoms with Crippen molar-refractivity contribution in [3.05, 3.63) is 64.0 Å². The van der Waals surface area contributed by atoms with E-state index in [2.05, 4.69) is 16.2 Å². The van der Waals surface area contributed by atoms with Crippen LogP contribution in [-0.2, 0) is 0 Å². The molecule has 0 bridgehead atoms. The van der Waals surface area contributed by atoms with Gasteiger partial charge in [-0.1, -0.05) is 29.8 Å². The lowest BCUT2D eigenvalue weighted by molar-refractivity contribution is 0.0938. The summed E-state index contributed by atoms with van der Waals surface area (Å²) in [5, 5.41) is 3.63. The van der Waals surface area contributed by atoms with Crippen LogP contribution >= 0.6 is 35.2 Å². The monoisotopic (exact) mass is 419 g/mol. The van der Waals surface area contributed by atoms with Gasteiger partial charge in [-0.05, 0) is 42.5 Å². The Balaban J connectivity index is 1.58. The Labute approximate surface area is 169 Å². The largest absolute Gasteiger partial charge is 0.497 e. The molecule has 6 nitrogen and oxygen atoms in total. The van der Waals surface area contributed by atoms with E-state index in [1.807, 2.05) is 24.3 Å². The first-order valence-electron chi connectivity index (χ1n) is 7.72. The number of fused-ring (bicyclic) bond motifs is 1. The van der Waals surface area contributed by atoms with Gasteiger partial charge in [-0.25, -0.2) is 0 Å². The SMILES string of the molecule is COc1ccc(C(=O)NC(=S)NNC(=O)c2sc3ccccc3c2Cl)cc1. The van der Waals surface area contributed by atoms with Crippen molar-refractivity contribution < 1.29 is 14.3 Å². The Hall–Kier alpha value is -2.68. The van der Waals surface area contributed by atoms with E-state index >= 15 is 0 Å². The van der Waals surface area contributed by atoms with Crippen LogP contribution < -0.4 is 20.9 Å². The van der Waals surface area contributed by atoms with Crippen molar-refractivity contribution in [1.82, 2.24) is 16.2 Å². The molecule has 0 saturated carbocycles. The highest BCUT2D eigenvalue weighted by Crippen LogP contribution is 2.34. The van der Waals surface area contributed by atoms with Gasteiger partial charge in [0.2, 0.25) is 0 Å². The molecular weight excluding hydrogens is 406 g/mol. The maximum atomic E-state index is 12.3. The number of amides is 2. The van der Waals surface area contributed by atoms with Crippen molar-refractivity contribution in [2.75, 3.05) is 7.11 Å². The zero-order valence-corrected chi connectivity index (χ0v) is 16.4. The molecule has 0 aliphatic carbocycles. The highest BCUT2D eigenvalue weighted by Gasteiger charge is 2.17. The van der Waals surface area contributed by atoms with Gasteiger partial charge in [0.1, 0.15) is 10.6 Å². The minimum Gasteiger partial charge on any atom is -0.497 e. The summed E-state index contributed by atoms with van der Waals surface area (Å²) in [5.41, 5.74) is 5.34. The normalized spacial score (nSPS) is 10.3. The van der Waals surface area contributed by atoms with Crippen LogP contribution in [0.5, 0.6) is 5.75 Å². The minimum absolute atomic E-state index is 0.0404. The number of benzene rings is 2. The summed E-state index contributed by atoms with van der Waals surface area (Å²) >= 11 is 12.6. The van der Waals surface area contributed by atoms with Gasteiger partial charge in [-0.3, -0.25) is 25.8 Å². The Morgan fingerprint density at radius 3 is 2.41 bits per heavy atom. The number of halogens is 1. The summed E-state index contributed by atoms with van der Waals surface area (Å²) in [6.07, 6.45) is 0. The summed E-state index contributed by atoms with van der Waals surface area (Å²) < 4.78 is 5.95. The standard InChI is InChI=1S/C18H14ClN3O3S2/c1-25-11-8-6-10(7-9-11)16(23)20-18(26)22-21-17(24)15-14(19)12-4-2-3-5-13(12)27-15/h2-9H,1H3,(H,21,24)(H2,20,22,23,26). The van der Waals surface area contributed by atoms with E-state index in [0.717, 1.165) is 10.1 Å². The molecule has 0 fully saturated rings. The van der Waals surface area contributed by atoms with E-state index < -0.39 is 11.8 Å². The van der Waals surface area contributed by atoms with Crippen LogP contribution in [0.2, 0.25) is 5.02 Å². The summed E-state index contributed by atoms with van der Waals surface area (Å²) in [4.78, 5) is 24.8. The third-order valence-electron chi connectivity index (χ3n) is 3.61. The molecule has 2 amide bonds. The highest BCUT2D eigenvalue weighted by molar-refractivity contribution is 7.80. The quantitative estimate of drug-likeness (QED) is 0.447. The number of hydrogen-bond acceptors (Lipinski definition) is 5. The molecule has 0 aliphatic heterocycles. The number of carbonyl (C=O) groups excluding carboxylic acids is 2. The van der Waals surface area contributed by atoms with Crippen molar-refractivity contribution in [3.63, 3.8) is 0 Å². The van der Waals surface area contributed by atoms with Crippen LogP contribution in [0, 0.1) is 0 Å². The van der Waals surface area contributed by atoms with E-state index in [4.69, 9.17) is 28.6 Å². The number of hydrazine groups is 1. The van der Waals surface area contributed by atoms with Crippen LogP contribution in [-0.4, -0.2) is 24.0 Å². The first-order valence-corrected chi connectivity index (χ1v) is 9.32. The molecule has 2 aromatic carbocycles. The van der Waals surface area contributed by atoms with E-state index in [1.54, 1.807) is 31.4 Å². The van der Waals surface area contributed by atoms with Crippen LogP contribution in [0.3, 0.4) is 0 Å². The third kappa shape index (κ3) is 4.36. The number of hydrogen-bond donors (Lipinski definition) is 3. The number of ether oxygens (including phenoxy) is 1. The molecule has 1 aromatic heterocycles. The lowest BCUT2D eigenvalue weighted by atomic mass is 10.2. The van der Waals surface area contributed by atoms with Crippen LogP contribution in [0.1, 0.15) is 20.0 Å². The number of methoxy groups -OCH3 is 1. The smallest absolute Gasteiger partial charge is 0.281 e. The Morgan fingerprint density at radius 1 is 1.04 bits per heavy atom. The van der Waals surface area contributed by atoms with Gasteiger partial charge >= 0.3 is 0 Å². The van der Waals surface area contributed by atoms with Crippen molar-refractivity contribution >= 4 is 62.2 Å². The molecule has 0 radical (unpaired) electrons. The van der Waals surface area contributed by atoms with Crippen LogP contribution in [0.15, 0.2) is 48.5 Å². The first-order chi connectivity index (χ1) is 13.0. The van der Waals surface area contributed by atoms with Gasteiger partial charge in [-0.15, -0.1) is 11.3 Å². The summed E-state index contributed by atoms with van der Waals surface area (Å²) in [7, 11) is 1.54. The van der Waals surface area contributed by atoms with E-state index in [-0.39, 0.29) is 5.11 Å². The van der Waals surface area contributed by atoms with Gasteiger partial charge in [0, 0.05) is 15.6 Å². The second-order valence-electron chi connectivity index (χ2n) is 5.33. The molecule has 138 valence electrons. The Kier molecular flexibility index (Phi) is 5.90. The fourth-order valence-corrected chi connectivity index (χ4v) is 3.84. The summed E-state index contributed by atoms with van der Waals surface area (Å²) in [6, 6.07) is 14.0. The number of thiocarbonyl (C=S) groups is 1. The van der Waals surface area contributed by atoms with Crippen molar-refractivity contribution in [2.24, 2.45) is 0 Å². The molecule has 3 N–H and O–H groups in total. The fourth-order valence-electron chi connectivity index (χ4n) is 2.28. The van der Waals surface area contributed by atoms with Crippen molar-refractivity contribution in [1.29, 1.82) is 0 Å². The van der Waals surface area contributed by atoms with Crippen LogP contribution in [0.4, 0.5) is 0 Å². The molecule has 0 atom stereocenters. The Bertz CT molecular complexity index is 1020. The van der Waals surface area contributed by atoms with E-state index in [9.17, 15) is 9.59 Å². The average molecular weight is 420 g/mol. The molecule has 9 heteroatoms. The number of nitrogens with one attached hydrogen (secondary N) is 3. The van der Waals surface area contributed by atoms with E-state index in [0.29, 0.717) is 21.2 Å². The van der Waals surface area contributed by atoms with Gasteiger partial charge in [0.25, 0.3) is 11.8 Å². The zero-order chi connectivity index (χ0) is 19.4. The minimum atomic E-state index is -0.442. The maximum Gasteiger partial charge on any atom is 0.281 e. The molecule has 0 unspecified atom stereocenters. The van der Waals surface area contributed by atoms with E-state index in [1.165, 1.54) is 11.3 Å². The molecule has 1 heterocycles. The van der Waals surface area contributed by atoms with Crippen LogP contribution in [0.25, 0.3) is 10.1 Å². The molecular formula is C18H14ClN3O3S2. The number of carbonyl (C=O) groups is 2. The van der Waals surface area contributed by atoms with Gasteiger partial charge in [0.15, 0.2) is 5.11 Å². The molecule has 3 aromatic rings. The predicted molar refractivity (Wildman–Crippen MR) is 110 cm³/mol. The summed E-state index contributed by atoms with van der Waals surface area (Å²) in [5.74, 6) is -0.216. The molecule has 27 heavy (non-hydrogen) atoms. The topological polar surface area (TPSA) is 79.5 Å². The predicted octanol–water partition coefficient (Wildman–Crippen LogP) is 3.51. The summed E-state index contributed by atoms with van der Waals surface area (Å²) in [6.45, 7) is 0. The number of thiophene rings is 1. The lowest BCUT2D eigenvalue weighted by Gasteiger charge is -2.10. The average Bonchev–Trinajstić information content (AvgIpc) is 3.03. The molecule has 0 saturated heterocycles. The molecule has 0 aliphatic rings.